The van der Waals surface area contributed by atoms with Crippen molar-refractivity contribution in [2.45, 2.75) is 13.5 Å². The monoisotopic (exact) mass is 462 g/mol. The summed E-state index contributed by atoms with van der Waals surface area (Å²) < 4.78 is 11.9. The number of rotatable bonds is 8. The van der Waals surface area contributed by atoms with Crippen molar-refractivity contribution >= 4 is 40.4 Å². The minimum Gasteiger partial charge on any atom is -0.490 e. The molecule has 3 aromatic rings. The van der Waals surface area contributed by atoms with Crippen LogP contribution < -0.4 is 14.8 Å². The summed E-state index contributed by atoms with van der Waals surface area (Å²) in [6.45, 7) is 6.28. The van der Waals surface area contributed by atoms with Crippen molar-refractivity contribution in [3.8, 4) is 11.5 Å². The molecule has 33 heavy (non-hydrogen) atoms. The van der Waals surface area contributed by atoms with E-state index in [9.17, 15) is 9.59 Å². The SMILES string of the molecule is C=CCN1C(=O)N/C(=C/c2cc(Cl)c(OCc3cccc4ccccc34)c(OCC)c2)C1=O. The molecule has 0 radical (unpaired) electrons. The predicted octanol–water partition coefficient (Wildman–Crippen LogP) is 5.55. The van der Waals surface area contributed by atoms with E-state index in [1.54, 1.807) is 18.2 Å². The smallest absolute Gasteiger partial charge is 0.329 e. The Labute approximate surface area is 197 Å². The van der Waals surface area contributed by atoms with E-state index in [1.807, 2.05) is 31.2 Å². The Morgan fingerprint density at radius 1 is 1.09 bits per heavy atom. The van der Waals surface area contributed by atoms with E-state index in [0.29, 0.717) is 35.3 Å². The van der Waals surface area contributed by atoms with Gasteiger partial charge >= 0.3 is 6.03 Å². The maximum absolute atomic E-state index is 12.5. The highest BCUT2D eigenvalue weighted by atomic mass is 35.5. The quantitative estimate of drug-likeness (QED) is 0.271. The van der Waals surface area contributed by atoms with Crippen molar-refractivity contribution in [1.82, 2.24) is 10.2 Å². The number of fused-ring (bicyclic) bond motifs is 1. The van der Waals surface area contributed by atoms with Gasteiger partial charge < -0.3 is 14.8 Å². The maximum Gasteiger partial charge on any atom is 0.329 e. The fourth-order valence-electron chi connectivity index (χ4n) is 3.68. The zero-order valence-corrected chi connectivity index (χ0v) is 18.9. The fourth-order valence-corrected chi connectivity index (χ4v) is 3.95. The van der Waals surface area contributed by atoms with E-state index in [2.05, 4.69) is 30.1 Å². The molecule has 0 unspecified atom stereocenters. The Hall–Kier alpha value is -3.77. The number of carbonyl (C=O) groups is 2. The van der Waals surface area contributed by atoms with Gasteiger partial charge in [0.05, 0.1) is 11.6 Å². The van der Waals surface area contributed by atoms with Crippen molar-refractivity contribution in [1.29, 1.82) is 0 Å². The van der Waals surface area contributed by atoms with Gasteiger partial charge in [-0.2, -0.15) is 0 Å². The van der Waals surface area contributed by atoms with Crippen LogP contribution in [0.25, 0.3) is 16.8 Å². The largest absolute Gasteiger partial charge is 0.490 e. The molecule has 0 saturated carbocycles. The van der Waals surface area contributed by atoms with Crippen LogP contribution in [0.2, 0.25) is 5.02 Å². The zero-order valence-electron chi connectivity index (χ0n) is 18.1. The van der Waals surface area contributed by atoms with Crippen LogP contribution in [-0.2, 0) is 11.4 Å². The summed E-state index contributed by atoms with van der Waals surface area (Å²) in [4.78, 5) is 25.6. The van der Waals surface area contributed by atoms with Crippen molar-refractivity contribution in [2.75, 3.05) is 13.2 Å². The number of carbonyl (C=O) groups excluding carboxylic acids is 2. The van der Waals surface area contributed by atoms with Crippen molar-refractivity contribution in [3.63, 3.8) is 0 Å². The molecule has 0 aromatic heterocycles. The first-order valence-corrected chi connectivity index (χ1v) is 10.9. The number of urea groups is 1. The summed E-state index contributed by atoms with van der Waals surface area (Å²) in [6.07, 6.45) is 3.05. The Balaban J connectivity index is 1.62. The lowest BCUT2D eigenvalue weighted by Crippen LogP contribution is -2.30. The van der Waals surface area contributed by atoms with Crippen molar-refractivity contribution < 1.29 is 19.1 Å². The van der Waals surface area contributed by atoms with Crippen LogP contribution in [0.3, 0.4) is 0 Å². The van der Waals surface area contributed by atoms with Crippen LogP contribution in [0, 0.1) is 0 Å². The molecule has 0 atom stereocenters. The van der Waals surface area contributed by atoms with Gasteiger partial charge in [-0.3, -0.25) is 9.69 Å². The van der Waals surface area contributed by atoms with E-state index in [1.165, 1.54) is 6.08 Å². The average Bonchev–Trinajstić information content (AvgIpc) is 3.06. The first-order valence-electron chi connectivity index (χ1n) is 10.5. The Kier molecular flexibility index (Phi) is 6.66. The van der Waals surface area contributed by atoms with Crippen LogP contribution in [0.1, 0.15) is 18.1 Å². The summed E-state index contributed by atoms with van der Waals surface area (Å²) in [6, 6.07) is 17.1. The predicted molar refractivity (Wildman–Crippen MR) is 129 cm³/mol. The first kappa shape index (κ1) is 22.4. The summed E-state index contributed by atoms with van der Waals surface area (Å²) in [5.74, 6) is 0.450. The van der Waals surface area contributed by atoms with Gasteiger partial charge in [-0.1, -0.05) is 60.1 Å². The molecule has 3 aromatic carbocycles. The van der Waals surface area contributed by atoms with Crippen LogP contribution in [-0.4, -0.2) is 30.0 Å². The number of nitrogens with one attached hydrogen (secondary N) is 1. The number of halogens is 1. The third-order valence-corrected chi connectivity index (χ3v) is 5.45. The summed E-state index contributed by atoms with van der Waals surface area (Å²) in [7, 11) is 0. The molecule has 7 heteroatoms. The Morgan fingerprint density at radius 3 is 2.67 bits per heavy atom. The van der Waals surface area contributed by atoms with Crippen LogP contribution in [0.5, 0.6) is 11.5 Å². The lowest BCUT2D eigenvalue weighted by atomic mass is 10.1. The van der Waals surface area contributed by atoms with Gasteiger partial charge in [-0.15, -0.1) is 6.58 Å². The standard InChI is InChI=1S/C26H23ClN2O4/c1-3-12-29-25(30)22(28-26(29)31)14-17-13-21(27)24(23(15-17)32-4-2)33-16-19-10-7-9-18-8-5-6-11-20(18)19/h3,5-11,13-15H,1,4,12,16H2,2H3,(H,28,31)/b22-14+. The minimum absolute atomic E-state index is 0.133. The fraction of sp³-hybridized carbons (Fsp3) is 0.154. The maximum atomic E-state index is 12.5. The second-order valence-electron chi connectivity index (χ2n) is 7.38. The molecule has 0 aliphatic carbocycles. The Bertz CT molecular complexity index is 1260. The molecule has 1 saturated heterocycles. The molecule has 6 nitrogen and oxygen atoms in total. The van der Waals surface area contributed by atoms with Gasteiger partial charge in [-0.05, 0) is 47.0 Å². The van der Waals surface area contributed by atoms with Gasteiger partial charge in [0, 0.05) is 6.54 Å². The van der Waals surface area contributed by atoms with E-state index in [0.717, 1.165) is 21.2 Å². The molecule has 1 aliphatic rings. The number of ether oxygens (including phenoxy) is 2. The molecule has 1 fully saturated rings. The molecule has 0 bridgehead atoms. The minimum atomic E-state index is -0.489. The molecule has 168 valence electrons. The second kappa shape index (κ2) is 9.79. The number of hydrogen-bond acceptors (Lipinski definition) is 4. The van der Waals surface area contributed by atoms with E-state index in [4.69, 9.17) is 21.1 Å². The second-order valence-corrected chi connectivity index (χ2v) is 7.79. The topological polar surface area (TPSA) is 67.9 Å². The normalized spacial score (nSPS) is 14.6. The molecular weight excluding hydrogens is 440 g/mol. The first-order chi connectivity index (χ1) is 16.0. The van der Waals surface area contributed by atoms with Crippen LogP contribution >= 0.6 is 11.6 Å². The van der Waals surface area contributed by atoms with E-state index < -0.39 is 11.9 Å². The lowest BCUT2D eigenvalue weighted by Gasteiger charge is -2.15. The molecule has 1 aliphatic heterocycles. The lowest BCUT2D eigenvalue weighted by molar-refractivity contribution is -0.122. The van der Waals surface area contributed by atoms with E-state index >= 15 is 0 Å². The van der Waals surface area contributed by atoms with E-state index in [-0.39, 0.29) is 12.2 Å². The summed E-state index contributed by atoms with van der Waals surface area (Å²) in [5, 5.41) is 5.15. The van der Waals surface area contributed by atoms with Gasteiger partial charge in [0.1, 0.15) is 12.3 Å². The van der Waals surface area contributed by atoms with Crippen LogP contribution in [0.4, 0.5) is 4.79 Å². The van der Waals surface area contributed by atoms with Gasteiger partial charge in [-0.25, -0.2) is 4.79 Å². The number of nitrogens with zero attached hydrogens (tertiary/aromatic N) is 1. The zero-order chi connectivity index (χ0) is 23.4. The molecule has 1 heterocycles. The number of amides is 3. The highest BCUT2D eigenvalue weighted by molar-refractivity contribution is 6.32. The van der Waals surface area contributed by atoms with Gasteiger partial charge in [0.25, 0.3) is 5.91 Å². The Morgan fingerprint density at radius 2 is 1.88 bits per heavy atom. The van der Waals surface area contributed by atoms with Gasteiger partial charge in [0.15, 0.2) is 11.5 Å². The third-order valence-electron chi connectivity index (χ3n) is 5.17. The summed E-state index contributed by atoms with van der Waals surface area (Å²) in [5.41, 5.74) is 1.79. The highest BCUT2D eigenvalue weighted by Gasteiger charge is 2.32. The molecule has 3 amide bonds. The number of hydrogen-bond donors (Lipinski definition) is 1. The molecule has 0 spiro atoms. The van der Waals surface area contributed by atoms with Gasteiger partial charge in [0.2, 0.25) is 0 Å². The molecular formula is C26H23ClN2O4. The highest BCUT2D eigenvalue weighted by Crippen LogP contribution is 2.38. The molecule has 1 N–H and O–H groups in total. The average molecular weight is 463 g/mol. The summed E-state index contributed by atoms with van der Waals surface area (Å²) >= 11 is 6.55. The van der Waals surface area contributed by atoms with Crippen molar-refractivity contribution in [3.05, 3.63) is 89.1 Å². The third kappa shape index (κ3) is 4.71. The number of benzene rings is 3. The van der Waals surface area contributed by atoms with Crippen LogP contribution in [0.15, 0.2) is 72.9 Å². The van der Waals surface area contributed by atoms with Crippen molar-refractivity contribution in [2.24, 2.45) is 0 Å². The number of imide groups is 1. The molecule has 4 rings (SSSR count).